The Kier molecular flexibility index (Phi) is 7.99. The number of halogens is 1. The molecule has 1 aromatic carbocycles. The molecule has 0 N–H and O–H groups in total. The first-order valence-corrected chi connectivity index (χ1v) is 16.1. The predicted molar refractivity (Wildman–Crippen MR) is 159 cm³/mol. The van der Waals surface area contributed by atoms with Crippen LogP contribution in [0.4, 0.5) is 0 Å². The average molecular weight is 630 g/mol. The quantitative estimate of drug-likeness (QED) is 0.169. The molecule has 5 aliphatic rings. The number of ether oxygens (including phenoxy) is 4. The third kappa shape index (κ3) is 5.25. The summed E-state index contributed by atoms with van der Waals surface area (Å²) in [5.74, 6) is 1.04. The van der Waals surface area contributed by atoms with Gasteiger partial charge in [0.05, 0.1) is 18.9 Å². The van der Waals surface area contributed by atoms with Crippen molar-refractivity contribution >= 4 is 22.6 Å². The van der Waals surface area contributed by atoms with Crippen molar-refractivity contribution in [3.05, 3.63) is 51.1 Å². The number of benzene rings is 1. The van der Waals surface area contributed by atoms with Gasteiger partial charge in [-0.25, -0.2) is 14.6 Å². The molecule has 1 spiro atoms. The second kappa shape index (κ2) is 11.7. The lowest BCUT2D eigenvalue weighted by Gasteiger charge is -2.60. The van der Waals surface area contributed by atoms with Gasteiger partial charge in [0.25, 0.3) is 0 Å². The maximum absolute atomic E-state index is 11.9. The van der Waals surface area contributed by atoms with E-state index in [-0.39, 0.29) is 16.9 Å². The van der Waals surface area contributed by atoms with E-state index >= 15 is 0 Å². The van der Waals surface area contributed by atoms with E-state index in [0.29, 0.717) is 54.9 Å². The van der Waals surface area contributed by atoms with E-state index in [2.05, 4.69) is 24.2 Å². The van der Waals surface area contributed by atoms with Crippen molar-refractivity contribution in [2.24, 2.45) is 23.7 Å². The average Bonchev–Trinajstić information content (AvgIpc) is 3.33. The van der Waals surface area contributed by atoms with Gasteiger partial charge in [0.15, 0.2) is 18.2 Å². The van der Waals surface area contributed by atoms with E-state index in [1.807, 2.05) is 29.9 Å². The van der Waals surface area contributed by atoms with Crippen molar-refractivity contribution < 1.29 is 33.1 Å². The van der Waals surface area contributed by atoms with Crippen molar-refractivity contribution in [2.75, 3.05) is 13.2 Å². The van der Waals surface area contributed by atoms with Gasteiger partial charge in [-0.05, 0) is 62.6 Å². The van der Waals surface area contributed by atoms with Crippen LogP contribution in [0.25, 0.3) is 11.0 Å². The number of hydrogen-bond donors (Lipinski definition) is 0. The summed E-state index contributed by atoms with van der Waals surface area (Å²) in [6.07, 6.45) is 6.36. The molecule has 2 aromatic heterocycles. The first-order chi connectivity index (χ1) is 21.2. The van der Waals surface area contributed by atoms with Crippen LogP contribution in [0, 0.1) is 30.6 Å². The van der Waals surface area contributed by atoms with Gasteiger partial charge in [0.2, 0.25) is 5.79 Å². The molecule has 4 aliphatic heterocycles. The van der Waals surface area contributed by atoms with Crippen LogP contribution in [0.1, 0.15) is 64.1 Å². The Hall–Kier alpha value is -2.54. The number of aromatic nitrogens is 3. The van der Waals surface area contributed by atoms with Crippen LogP contribution < -0.4 is 10.4 Å². The minimum Gasteiger partial charge on any atom is -0.493 e. The molecule has 0 amide bonds. The Morgan fingerprint density at radius 1 is 1.14 bits per heavy atom. The summed E-state index contributed by atoms with van der Waals surface area (Å²) in [5.41, 5.74) is 0.865. The fraction of sp³-hybridized carbons (Fsp3) is 0.656. The smallest absolute Gasteiger partial charge is 0.355 e. The van der Waals surface area contributed by atoms with E-state index in [0.717, 1.165) is 43.2 Å². The monoisotopic (exact) mass is 629 g/mol. The fourth-order valence-electron chi connectivity index (χ4n) is 7.72. The van der Waals surface area contributed by atoms with Gasteiger partial charge in [-0.15, -0.1) is 5.10 Å². The summed E-state index contributed by atoms with van der Waals surface area (Å²) >= 11 is 6.02. The van der Waals surface area contributed by atoms with Crippen molar-refractivity contribution in [2.45, 2.75) is 96.7 Å². The van der Waals surface area contributed by atoms with E-state index in [4.69, 9.17) is 44.7 Å². The van der Waals surface area contributed by atoms with Gasteiger partial charge in [0.1, 0.15) is 16.4 Å². The van der Waals surface area contributed by atoms with Crippen LogP contribution in [0.3, 0.4) is 0 Å². The zero-order valence-corrected chi connectivity index (χ0v) is 26.4. The van der Waals surface area contributed by atoms with Gasteiger partial charge in [-0.2, -0.15) is 0 Å². The van der Waals surface area contributed by atoms with E-state index < -0.39 is 29.6 Å². The molecule has 1 aliphatic carbocycles. The Morgan fingerprint density at radius 2 is 2.00 bits per heavy atom. The van der Waals surface area contributed by atoms with Crippen LogP contribution >= 0.6 is 11.6 Å². The molecule has 2 bridgehead atoms. The highest BCUT2D eigenvalue weighted by atomic mass is 35.5. The molecule has 5 fully saturated rings. The molecular weight excluding hydrogens is 590 g/mol. The Labute approximate surface area is 260 Å². The van der Waals surface area contributed by atoms with Crippen LogP contribution in [-0.4, -0.2) is 52.2 Å². The van der Waals surface area contributed by atoms with Crippen molar-refractivity contribution in [3.63, 3.8) is 0 Å². The minimum atomic E-state index is -0.799. The fourth-order valence-corrected chi connectivity index (χ4v) is 7.86. The van der Waals surface area contributed by atoms with Crippen molar-refractivity contribution in [1.29, 1.82) is 0 Å². The second-order valence-electron chi connectivity index (χ2n) is 13.1. The molecular formula is C32H40ClN3O8. The lowest BCUT2D eigenvalue weighted by molar-refractivity contribution is -0.577. The third-order valence-corrected chi connectivity index (χ3v) is 10.6. The molecule has 6 heterocycles. The largest absolute Gasteiger partial charge is 0.493 e. The Morgan fingerprint density at radius 3 is 2.86 bits per heavy atom. The SMILES string of the molecule is Cc1c(Cl)c(=O)oc2cc(OCCCn3cc(CCO[C@H]4O[C@@H]5O[C@@]6(C)CC[C@H]7[C@H](C)CC[C@@H]([C@H]4C)[C@@]57OO6)nn3)ccc12. The molecule has 0 radical (unpaired) electrons. The van der Waals surface area contributed by atoms with Gasteiger partial charge in [0, 0.05) is 55.3 Å². The summed E-state index contributed by atoms with van der Waals surface area (Å²) in [5, 5.41) is 9.48. The maximum Gasteiger partial charge on any atom is 0.355 e. The molecule has 12 heteroatoms. The van der Waals surface area contributed by atoms with Gasteiger partial charge in [-0.1, -0.05) is 30.7 Å². The zero-order valence-electron chi connectivity index (χ0n) is 25.6. The van der Waals surface area contributed by atoms with Gasteiger partial charge in [-0.3, -0.25) is 4.68 Å². The number of nitrogens with zero attached hydrogens (tertiary/aromatic N) is 3. The first kappa shape index (κ1) is 30.1. The summed E-state index contributed by atoms with van der Waals surface area (Å²) in [6, 6.07) is 5.40. The third-order valence-electron chi connectivity index (χ3n) is 10.2. The minimum absolute atomic E-state index is 0.104. The van der Waals surface area contributed by atoms with Crippen molar-refractivity contribution in [1.82, 2.24) is 15.0 Å². The number of aryl methyl sites for hydroxylation is 2. The zero-order chi connectivity index (χ0) is 30.6. The molecule has 8 atom stereocenters. The summed E-state index contributed by atoms with van der Waals surface area (Å²) in [6.45, 7) is 9.82. The number of hydrogen-bond acceptors (Lipinski definition) is 10. The van der Waals surface area contributed by atoms with Crippen LogP contribution in [0.15, 0.2) is 33.6 Å². The van der Waals surface area contributed by atoms with Gasteiger partial charge >= 0.3 is 5.63 Å². The summed E-state index contributed by atoms with van der Waals surface area (Å²) in [4.78, 5) is 24.0. The van der Waals surface area contributed by atoms with Crippen LogP contribution in [0.2, 0.25) is 5.02 Å². The Balaban J connectivity index is 0.903. The van der Waals surface area contributed by atoms with E-state index in [9.17, 15) is 4.79 Å². The molecule has 44 heavy (non-hydrogen) atoms. The maximum atomic E-state index is 11.9. The first-order valence-electron chi connectivity index (χ1n) is 15.7. The van der Waals surface area contributed by atoms with Crippen molar-refractivity contribution in [3.8, 4) is 5.75 Å². The lowest BCUT2D eigenvalue weighted by Crippen LogP contribution is -2.70. The molecule has 8 rings (SSSR count). The molecule has 238 valence electrons. The second-order valence-corrected chi connectivity index (χ2v) is 13.4. The number of rotatable bonds is 9. The topological polar surface area (TPSA) is 116 Å². The van der Waals surface area contributed by atoms with Gasteiger partial charge < -0.3 is 23.4 Å². The molecule has 0 unspecified atom stereocenters. The molecule has 4 saturated heterocycles. The number of fused-ring (bicyclic) bond motifs is 3. The highest BCUT2D eigenvalue weighted by Crippen LogP contribution is 2.60. The van der Waals surface area contributed by atoms with Crippen LogP contribution in [-0.2, 0) is 37.0 Å². The Bertz CT molecular complexity index is 1580. The highest BCUT2D eigenvalue weighted by Gasteiger charge is 2.69. The predicted octanol–water partition coefficient (Wildman–Crippen LogP) is 5.58. The normalized spacial score (nSPS) is 34.6. The standard InChI is InChI=1S/C32H40ClN3O8/c1-18-6-9-25-20(3)29(41-30-32(25)24(18)10-12-31(4,42-30)43-44-32)39-15-11-21-17-36(35-34-21)13-5-14-38-22-7-8-23-19(2)27(33)28(37)40-26(23)16-22/h7-8,16-18,20,24-25,29-30H,5-6,9-15H2,1-4H3/t18-,20-,24+,25+,29+,30-,31-,32-/m1/s1. The lowest BCUT2D eigenvalue weighted by atomic mass is 9.58. The highest BCUT2D eigenvalue weighted by molar-refractivity contribution is 6.31. The summed E-state index contributed by atoms with van der Waals surface area (Å²) < 4.78 is 32.3. The van der Waals surface area contributed by atoms with E-state index in [1.165, 1.54) is 0 Å². The molecule has 3 aromatic rings. The molecule has 1 saturated carbocycles. The molecule has 11 nitrogen and oxygen atoms in total. The van der Waals surface area contributed by atoms with Crippen LogP contribution in [0.5, 0.6) is 5.75 Å². The van der Waals surface area contributed by atoms with E-state index in [1.54, 1.807) is 13.0 Å². The summed E-state index contributed by atoms with van der Waals surface area (Å²) in [7, 11) is 0.